The zero-order valence-electron chi connectivity index (χ0n) is 17.0. The van der Waals surface area contributed by atoms with E-state index in [0.717, 1.165) is 31.2 Å². The molecule has 7 heteroatoms. The lowest BCUT2D eigenvalue weighted by atomic mass is 10.1. The third-order valence-electron chi connectivity index (χ3n) is 5.48. The summed E-state index contributed by atoms with van der Waals surface area (Å²) in [5, 5.41) is 4.12. The maximum absolute atomic E-state index is 13.1. The largest absolute Gasteiger partial charge is 0.338 e. The van der Waals surface area contributed by atoms with Gasteiger partial charge in [0.15, 0.2) is 5.82 Å². The molecule has 1 aliphatic rings. The molecule has 2 aromatic carbocycles. The Balaban J connectivity index is 1.42. The van der Waals surface area contributed by atoms with Crippen molar-refractivity contribution in [3.63, 3.8) is 0 Å². The Morgan fingerprint density at radius 2 is 1.63 bits per heavy atom. The second kappa shape index (κ2) is 9.53. The van der Waals surface area contributed by atoms with E-state index < -0.39 is 10.0 Å². The number of rotatable bonds is 8. The topological polar surface area (TPSA) is 76.3 Å². The first-order valence-electron chi connectivity index (χ1n) is 10.5. The van der Waals surface area contributed by atoms with E-state index in [-0.39, 0.29) is 11.8 Å². The maximum Gasteiger partial charge on any atom is 0.245 e. The van der Waals surface area contributed by atoms with Gasteiger partial charge in [0.05, 0.1) is 5.75 Å². The van der Waals surface area contributed by atoms with Crippen LogP contribution in [-0.4, -0.2) is 29.4 Å². The minimum Gasteiger partial charge on any atom is -0.338 e. The van der Waals surface area contributed by atoms with Crippen molar-refractivity contribution in [3.8, 4) is 0 Å². The van der Waals surface area contributed by atoms with Gasteiger partial charge in [0.2, 0.25) is 15.9 Å². The van der Waals surface area contributed by atoms with Crippen LogP contribution in [0.5, 0.6) is 0 Å². The molecule has 1 aromatic heterocycles. The van der Waals surface area contributed by atoms with Gasteiger partial charge >= 0.3 is 0 Å². The van der Waals surface area contributed by atoms with Gasteiger partial charge in [-0.25, -0.2) is 8.42 Å². The fourth-order valence-corrected chi connectivity index (χ4v) is 5.72. The predicted octanol–water partition coefficient (Wildman–Crippen LogP) is 4.30. The molecule has 6 nitrogen and oxygen atoms in total. The summed E-state index contributed by atoms with van der Waals surface area (Å²) >= 11 is 0. The van der Waals surface area contributed by atoms with Gasteiger partial charge in [-0.05, 0) is 36.8 Å². The van der Waals surface area contributed by atoms with Crippen LogP contribution in [0.2, 0.25) is 0 Å². The van der Waals surface area contributed by atoms with Crippen molar-refractivity contribution in [3.05, 3.63) is 83.5 Å². The molecule has 0 bridgehead atoms. The van der Waals surface area contributed by atoms with Crippen LogP contribution in [0.3, 0.4) is 0 Å². The minimum absolute atomic E-state index is 0.0115. The average Bonchev–Trinajstić information content (AvgIpc) is 3.24. The monoisotopic (exact) mass is 425 g/mol. The van der Waals surface area contributed by atoms with Crippen molar-refractivity contribution in [2.75, 3.05) is 6.54 Å². The van der Waals surface area contributed by atoms with Gasteiger partial charge in [-0.15, -0.1) is 0 Å². The van der Waals surface area contributed by atoms with E-state index in [1.165, 1.54) is 5.56 Å². The van der Waals surface area contributed by atoms with E-state index in [4.69, 9.17) is 4.52 Å². The van der Waals surface area contributed by atoms with Gasteiger partial charge in [-0.1, -0.05) is 72.2 Å². The van der Waals surface area contributed by atoms with Crippen molar-refractivity contribution in [1.82, 2.24) is 14.4 Å². The smallest absolute Gasteiger partial charge is 0.245 e. The molecule has 158 valence electrons. The number of piperidine rings is 1. The highest BCUT2D eigenvalue weighted by molar-refractivity contribution is 7.88. The van der Waals surface area contributed by atoms with Crippen molar-refractivity contribution in [2.24, 2.45) is 0 Å². The van der Waals surface area contributed by atoms with Crippen molar-refractivity contribution >= 4 is 10.0 Å². The molecular weight excluding hydrogens is 398 g/mol. The summed E-state index contributed by atoms with van der Waals surface area (Å²) in [4.78, 5) is 4.55. The van der Waals surface area contributed by atoms with Crippen LogP contribution in [-0.2, 0) is 28.6 Å². The Bertz CT molecular complexity index is 1040. The number of sulfonamides is 1. The summed E-state index contributed by atoms with van der Waals surface area (Å²) in [5.74, 6) is 1.05. The number of aryl methyl sites for hydroxylation is 2. The average molecular weight is 426 g/mol. The second-order valence-electron chi connectivity index (χ2n) is 7.75. The molecule has 1 atom stereocenters. The highest BCUT2D eigenvalue weighted by Crippen LogP contribution is 2.33. The van der Waals surface area contributed by atoms with Gasteiger partial charge in [-0.2, -0.15) is 9.29 Å². The Morgan fingerprint density at radius 1 is 0.933 bits per heavy atom. The predicted molar refractivity (Wildman–Crippen MR) is 115 cm³/mol. The third-order valence-corrected chi connectivity index (χ3v) is 7.33. The lowest BCUT2D eigenvalue weighted by Gasteiger charge is -2.32. The summed E-state index contributed by atoms with van der Waals surface area (Å²) in [6.45, 7) is 0.492. The van der Waals surface area contributed by atoms with Crippen LogP contribution in [0.4, 0.5) is 0 Å². The fraction of sp³-hybridized carbons (Fsp3) is 0.391. The summed E-state index contributed by atoms with van der Waals surface area (Å²) in [7, 11) is -3.47. The number of aromatic nitrogens is 2. The number of hydrogen-bond donors (Lipinski definition) is 0. The SMILES string of the molecule is O=S(=O)(Cc1ccccc1)N1CCCC[C@H]1c1nc(CCCc2ccccc2)no1. The highest BCUT2D eigenvalue weighted by Gasteiger charge is 2.36. The van der Waals surface area contributed by atoms with Gasteiger partial charge in [0, 0.05) is 13.0 Å². The quantitative estimate of drug-likeness (QED) is 0.538. The van der Waals surface area contributed by atoms with Crippen LogP contribution < -0.4 is 0 Å². The van der Waals surface area contributed by atoms with E-state index in [1.54, 1.807) is 4.31 Å². The Labute approximate surface area is 178 Å². The number of hydrogen-bond acceptors (Lipinski definition) is 5. The van der Waals surface area contributed by atoms with Crippen LogP contribution in [0, 0.1) is 0 Å². The Morgan fingerprint density at radius 3 is 2.37 bits per heavy atom. The van der Waals surface area contributed by atoms with Crippen molar-refractivity contribution in [2.45, 2.75) is 50.3 Å². The van der Waals surface area contributed by atoms with Crippen molar-refractivity contribution in [1.29, 1.82) is 0 Å². The maximum atomic E-state index is 13.1. The molecule has 30 heavy (non-hydrogen) atoms. The third kappa shape index (κ3) is 5.15. The summed E-state index contributed by atoms with van der Waals surface area (Å²) in [6.07, 6.45) is 5.09. The molecule has 1 aliphatic heterocycles. The molecule has 0 aliphatic carbocycles. The molecule has 1 saturated heterocycles. The van der Waals surface area contributed by atoms with E-state index >= 15 is 0 Å². The molecular formula is C23H27N3O3S. The molecule has 0 radical (unpaired) electrons. The molecule has 0 spiro atoms. The van der Waals surface area contributed by atoms with Gasteiger partial charge in [0.1, 0.15) is 6.04 Å². The normalized spacial score (nSPS) is 17.8. The molecule has 0 N–H and O–H groups in total. The van der Waals surface area contributed by atoms with E-state index in [2.05, 4.69) is 22.3 Å². The van der Waals surface area contributed by atoms with Crippen LogP contribution in [0.25, 0.3) is 0 Å². The van der Waals surface area contributed by atoms with Crippen molar-refractivity contribution < 1.29 is 12.9 Å². The van der Waals surface area contributed by atoms with Gasteiger partial charge in [-0.3, -0.25) is 0 Å². The molecule has 0 unspecified atom stereocenters. The Hall–Kier alpha value is -2.51. The summed E-state index contributed by atoms with van der Waals surface area (Å²) < 4.78 is 33.3. The van der Waals surface area contributed by atoms with E-state index in [0.29, 0.717) is 31.1 Å². The summed E-state index contributed by atoms with van der Waals surface area (Å²) in [5.41, 5.74) is 2.07. The lowest BCUT2D eigenvalue weighted by molar-refractivity contribution is 0.204. The number of nitrogens with zero attached hydrogens (tertiary/aromatic N) is 3. The first-order chi connectivity index (χ1) is 14.6. The molecule has 3 aromatic rings. The lowest BCUT2D eigenvalue weighted by Crippen LogP contribution is -2.39. The molecule has 0 amide bonds. The Kier molecular flexibility index (Phi) is 6.59. The first kappa shape index (κ1) is 20.8. The zero-order valence-corrected chi connectivity index (χ0v) is 17.8. The molecule has 2 heterocycles. The minimum atomic E-state index is -3.47. The molecule has 1 fully saturated rings. The highest BCUT2D eigenvalue weighted by atomic mass is 32.2. The molecule has 4 rings (SSSR count). The fourth-order valence-electron chi connectivity index (χ4n) is 3.95. The van der Waals surface area contributed by atoms with Crippen LogP contribution >= 0.6 is 0 Å². The van der Waals surface area contributed by atoms with E-state index in [9.17, 15) is 8.42 Å². The van der Waals surface area contributed by atoms with Crippen LogP contribution in [0.1, 0.15) is 54.6 Å². The summed E-state index contributed by atoms with van der Waals surface area (Å²) in [6, 6.07) is 19.2. The van der Waals surface area contributed by atoms with E-state index in [1.807, 2.05) is 48.5 Å². The van der Waals surface area contributed by atoms with Gasteiger partial charge in [0.25, 0.3) is 0 Å². The molecule has 0 saturated carbocycles. The van der Waals surface area contributed by atoms with Gasteiger partial charge < -0.3 is 4.52 Å². The standard InChI is InChI=1S/C23H27N3O3S/c27-30(28,18-20-12-5-2-6-13-20)26-17-8-7-15-21(26)23-24-22(25-29-23)16-9-14-19-10-3-1-4-11-19/h1-6,10-13,21H,7-9,14-18H2/t21-/m0/s1. The second-order valence-corrected chi connectivity index (χ2v) is 9.67. The number of benzene rings is 2. The zero-order chi connectivity index (χ0) is 20.8. The first-order valence-corrected chi connectivity index (χ1v) is 12.1. The van der Waals surface area contributed by atoms with Crippen LogP contribution in [0.15, 0.2) is 65.2 Å².